The molecule has 0 saturated carbocycles. The first kappa shape index (κ1) is 21.1. The van der Waals surface area contributed by atoms with Crippen molar-refractivity contribution in [1.82, 2.24) is 9.88 Å². The highest BCUT2D eigenvalue weighted by Crippen LogP contribution is 2.39. The first-order chi connectivity index (χ1) is 15.0. The normalized spacial score (nSPS) is 13.9. The van der Waals surface area contributed by atoms with E-state index in [9.17, 15) is 15.0 Å². The predicted molar refractivity (Wildman–Crippen MR) is 121 cm³/mol. The zero-order valence-electron chi connectivity index (χ0n) is 17.1. The Kier molecular flexibility index (Phi) is 6.06. The van der Waals surface area contributed by atoms with Gasteiger partial charge in [-0.1, -0.05) is 11.6 Å². The van der Waals surface area contributed by atoms with E-state index in [2.05, 4.69) is 10.2 Å². The van der Waals surface area contributed by atoms with Gasteiger partial charge in [0, 0.05) is 42.6 Å². The van der Waals surface area contributed by atoms with Gasteiger partial charge in [0.25, 0.3) is 5.91 Å². The molecule has 0 atom stereocenters. The molecule has 162 valence electrons. The number of hydrogen-bond acceptors (Lipinski definition) is 5. The number of benzene rings is 2. The van der Waals surface area contributed by atoms with E-state index in [0.717, 1.165) is 24.5 Å². The number of hydrogen-bond donors (Lipinski definition) is 3. The van der Waals surface area contributed by atoms with Gasteiger partial charge >= 0.3 is 0 Å². The Bertz CT molecular complexity index is 1090. The third-order valence-corrected chi connectivity index (χ3v) is 5.58. The minimum atomic E-state index is -0.227. The number of carbonyl (C=O) groups is 1. The summed E-state index contributed by atoms with van der Waals surface area (Å²) in [5, 5.41) is 23.2. The number of amides is 1. The molecule has 1 saturated heterocycles. The van der Waals surface area contributed by atoms with Gasteiger partial charge in [0.2, 0.25) is 0 Å². The molecule has 8 heteroatoms. The second-order valence-corrected chi connectivity index (χ2v) is 7.64. The van der Waals surface area contributed by atoms with E-state index in [4.69, 9.17) is 16.3 Å². The summed E-state index contributed by atoms with van der Waals surface area (Å²) in [6.07, 6.45) is 0. The van der Waals surface area contributed by atoms with Crippen LogP contribution in [0.25, 0.3) is 16.9 Å². The van der Waals surface area contributed by atoms with Crippen LogP contribution < -0.4 is 10.2 Å². The molecule has 0 bridgehead atoms. The zero-order valence-corrected chi connectivity index (χ0v) is 17.9. The minimum absolute atomic E-state index is 0.114. The molecule has 0 unspecified atom stereocenters. The number of morpholine rings is 1. The number of nitrogens with zero attached hydrogens (tertiary/aromatic N) is 2. The van der Waals surface area contributed by atoms with Crippen molar-refractivity contribution in [3.63, 3.8) is 0 Å². The predicted octanol–water partition coefficient (Wildman–Crippen LogP) is 3.80. The maximum absolute atomic E-state index is 12.7. The highest BCUT2D eigenvalue weighted by molar-refractivity contribution is 6.32. The monoisotopic (exact) mass is 441 g/mol. The number of anilines is 1. The van der Waals surface area contributed by atoms with Crippen molar-refractivity contribution in [2.24, 2.45) is 0 Å². The summed E-state index contributed by atoms with van der Waals surface area (Å²) < 4.78 is 7.19. The summed E-state index contributed by atoms with van der Waals surface area (Å²) >= 11 is 6.09. The molecule has 1 fully saturated rings. The van der Waals surface area contributed by atoms with Gasteiger partial charge in [-0.25, -0.2) is 0 Å². The van der Waals surface area contributed by atoms with Gasteiger partial charge in [0.1, 0.15) is 17.2 Å². The number of aromatic hydroxyl groups is 2. The van der Waals surface area contributed by atoms with Crippen molar-refractivity contribution in [2.75, 3.05) is 37.7 Å². The molecule has 3 aromatic rings. The second kappa shape index (κ2) is 8.91. The Labute approximate surface area is 185 Å². The number of phenols is 2. The van der Waals surface area contributed by atoms with Crippen LogP contribution in [0.15, 0.2) is 48.5 Å². The quantitative estimate of drug-likeness (QED) is 0.560. The maximum atomic E-state index is 12.7. The van der Waals surface area contributed by atoms with Gasteiger partial charge in [-0.3, -0.25) is 4.79 Å². The lowest BCUT2D eigenvalue weighted by Crippen LogP contribution is -2.36. The molecular weight excluding hydrogens is 418 g/mol. The summed E-state index contributed by atoms with van der Waals surface area (Å²) in [5.41, 5.74) is 3.27. The Hall–Kier alpha value is -3.16. The molecule has 1 aliphatic heterocycles. The van der Waals surface area contributed by atoms with Crippen LogP contribution in [0.1, 0.15) is 17.4 Å². The number of nitrogens with one attached hydrogen (secondary N) is 1. The molecule has 2 heterocycles. The number of halogens is 1. The van der Waals surface area contributed by atoms with Crippen molar-refractivity contribution >= 4 is 23.2 Å². The molecule has 7 nitrogen and oxygen atoms in total. The van der Waals surface area contributed by atoms with E-state index in [1.54, 1.807) is 16.7 Å². The fourth-order valence-electron chi connectivity index (χ4n) is 3.74. The highest BCUT2D eigenvalue weighted by Gasteiger charge is 2.20. The van der Waals surface area contributed by atoms with E-state index >= 15 is 0 Å². The zero-order chi connectivity index (χ0) is 22.0. The molecule has 1 amide bonds. The summed E-state index contributed by atoms with van der Waals surface area (Å²) in [7, 11) is 0. The average Bonchev–Trinajstić information content (AvgIpc) is 3.22. The van der Waals surface area contributed by atoms with Crippen molar-refractivity contribution in [3.8, 4) is 28.4 Å². The number of ether oxygens (including phenoxy) is 1. The number of carbonyl (C=O) groups excluding carboxylic acids is 1. The van der Waals surface area contributed by atoms with Gasteiger partial charge in [-0.2, -0.15) is 0 Å². The number of rotatable bonds is 5. The summed E-state index contributed by atoms with van der Waals surface area (Å²) in [6, 6.07) is 14.0. The van der Waals surface area contributed by atoms with Gasteiger partial charge in [-0.15, -0.1) is 0 Å². The molecule has 31 heavy (non-hydrogen) atoms. The lowest BCUT2D eigenvalue weighted by Gasteiger charge is -2.29. The number of aromatic nitrogens is 1. The maximum Gasteiger partial charge on any atom is 0.268 e. The van der Waals surface area contributed by atoms with Crippen LogP contribution in [0, 0.1) is 0 Å². The topological polar surface area (TPSA) is 87.0 Å². The van der Waals surface area contributed by atoms with Crippen molar-refractivity contribution in [2.45, 2.75) is 6.92 Å². The van der Waals surface area contributed by atoms with Crippen molar-refractivity contribution in [1.29, 1.82) is 0 Å². The van der Waals surface area contributed by atoms with Crippen molar-refractivity contribution < 1.29 is 19.7 Å². The summed E-state index contributed by atoms with van der Waals surface area (Å²) in [5.74, 6) is -0.566. The molecule has 1 aliphatic rings. The molecule has 3 N–H and O–H groups in total. The van der Waals surface area contributed by atoms with E-state index in [0.29, 0.717) is 36.7 Å². The highest BCUT2D eigenvalue weighted by atomic mass is 35.5. The third-order valence-electron chi connectivity index (χ3n) is 5.28. The molecule has 2 aromatic carbocycles. The average molecular weight is 442 g/mol. The summed E-state index contributed by atoms with van der Waals surface area (Å²) in [6.45, 7) is 5.41. The molecule has 0 aliphatic carbocycles. The Balaban J connectivity index is 1.80. The summed E-state index contributed by atoms with van der Waals surface area (Å²) in [4.78, 5) is 15.0. The fourth-order valence-corrected chi connectivity index (χ4v) is 3.91. The Morgan fingerprint density at radius 1 is 1.03 bits per heavy atom. The van der Waals surface area contributed by atoms with Gasteiger partial charge in [0.15, 0.2) is 0 Å². The second-order valence-electron chi connectivity index (χ2n) is 7.24. The van der Waals surface area contributed by atoms with Crippen LogP contribution in [-0.4, -0.2) is 53.5 Å². The third kappa shape index (κ3) is 4.19. The largest absolute Gasteiger partial charge is 0.507 e. The smallest absolute Gasteiger partial charge is 0.268 e. The van der Waals surface area contributed by atoms with Crippen LogP contribution in [0.5, 0.6) is 11.5 Å². The minimum Gasteiger partial charge on any atom is -0.507 e. The van der Waals surface area contributed by atoms with E-state index in [-0.39, 0.29) is 22.4 Å². The van der Waals surface area contributed by atoms with Gasteiger partial charge in [0.05, 0.1) is 23.9 Å². The fraction of sp³-hybridized carbons (Fsp3) is 0.261. The molecule has 1 aromatic heterocycles. The van der Waals surface area contributed by atoms with E-state index < -0.39 is 0 Å². The van der Waals surface area contributed by atoms with Gasteiger partial charge < -0.3 is 29.7 Å². The molecule has 0 spiro atoms. The number of phenolic OH excluding ortho intramolecular Hbond substituents is 2. The van der Waals surface area contributed by atoms with Crippen LogP contribution in [0.4, 0.5) is 5.69 Å². The molecule has 4 rings (SSSR count). The Morgan fingerprint density at radius 2 is 1.71 bits per heavy atom. The van der Waals surface area contributed by atoms with Gasteiger partial charge in [-0.05, 0) is 49.4 Å². The van der Waals surface area contributed by atoms with Crippen LogP contribution in [0.2, 0.25) is 5.02 Å². The van der Waals surface area contributed by atoms with Crippen LogP contribution in [-0.2, 0) is 4.74 Å². The Morgan fingerprint density at radius 3 is 2.39 bits per heavy atom. The van der Waals surface area contributed by atoms with E-state index in [1.165, 1.54) is 12.1 Å². The first-order valence-corrected chi connectivity index (χ1v) is 10.5. The van der Waals surface area contributed by atoms with Crippen LogP contribution in [0.3, 0.4) is 0 Å². The molecule has 0 radical (unpaired) electrons. The van der Waals surface area contributed by atoms with E-state index in [1.807, 2.05) is 31.2 Å². The molecular formula is C23H24ClN3O4. The SMILES string of the molecule is CCNC(=O)c1ccc(-c2cc(Cl)c(O)cc2O)n1-c1ccc(N2CCOCC2)cc1. The first-order valence-electron chi connectivity index (χ1n) is 10.1. The van der Waals surface area contributed by atoms with Crippen molar-refractivity contribution in [3.05, 3.63) is 59.2 Å². The lowest BCUT2D eigenvalue weighted by atomic mass is 10.1. The lowest BCUT2D eigenvalue weighted by molar-refractivity contribution is 0.0949. The standard InChI is InChI=1S/C23H24ClN3O4/c1-2-25-23(30)20-8-7-19(17-13-18(24)22(29)14-21(17)28)27(20)16-5-3-15(4-6-16)26-9-11-31-12-10-26/h3-8,13-14,28-29H,2,9-12H2,1H3,(H,25,30). The van der Waals surface area contributed by atoms with Crippen LogP contribution >= 0.6 is 11.6 Å².